The third-order valence-corrected chi connectivity index (χ3v) is 9.15. The average molecular weight is 515 g/mol. The number of hydrogen-bond acceptors (Lipinski definition) is 8. The lowest BCUT2D eigenvalue weighted by Gasteiger charge is -2.48. The normalized spacial score (nSPS) is 46.8. The molecule has 0 radical (unpaired) electrons. The number of allylic oxidation sites excluding steroid dienone is 3. The van der Waals surface area contributed by atoms with Crippen LogP contribution in [-0.2, 0) is 28.5 Å². The standard InChI is InChI=1S/C29H38O8/c1-14-12-15(2)29-19(13-21(34-5)28(33)35-24(14)17(4)30)10-11-20-22(29)23(31)16(3)25(26(20)37-29)36-27(32)18-8-6-7-9-18/h6-8,10-12,14,16-17,19-26,30-31H,9,13H2,1-5H3/b15-12+/t14-,16-,17-,19-,20-,21+,22+,23-,24+,25-,26-,29+/m1/s1. The van der Waals surface area contributed by atoms with E-state index < -0.39 is 48.2 Å². The van der Waals surface area contributed by atoms with E-state index >= 15 is 0 Å². The zero-order valence-corrected chi connectivity index (χ0v) is 22.1. The predicted octanol–water partition coefficient (Wildman–Crippen LogP) is 2.64. The first-order valence-corrected chi connectivity index (χ1v) is 13.3. The van der Waals surface area contributed by atoms with Crippen molar-refractivity contribution in [2.45, 2.75) is 82.8 Å². The van der Waals surface area contributed by atoms with Crippen molar-refractivity contribution in [2.75, 3.05) is 7.11 Å². The van der Waals surface area contributed by atoms with Crippen LogP contribution < -0.4 is 0 Å². The summed E-state index contributed by atoms with van der Waals surface area (Å²) in [7, 11) is 1.47. The summed E-state index contributed by atoms with van der Waals surface area (Å²) in [6.45, 7) is 7.39. The van der Waals surface area contributed by atoms with E-state index in [4.69, 9.17) is 18.9 Å². The number of ether oxygens (including phenoxy) is 4. The molecule has 0 aromatic heterocycles. The molecule has 37 heavy (non-hydrogen) atoms. The van der Waals surface area contributed by atoms with Crippen LogP contribution in [0.4, 0.5) is 0 Å². The topological polar surface area (TPSA) is 112 Å². The monoisotopic (exact) mass is 514 g/mol. The van der Waals surface area contributed by atoms with Gasteiger partial charge >= 0.3 is 11.9 Å². The zero-order chi connectivity index (χ0) is 26.6. The summed E-state index contributed by atoms with van der Waals surface area (Å²) in [6.07, 6.45) is 8.06. The summed E-state index contributed by atoms with van der Waals surface area (Å²) in [5.74, 6) is -2.28. The molecule has 0 aromatic carbocycles. The van der Waals surface area contributed by atoms with Gasteiger partial charge in [0.25, 0.3) is 0 Å². The van der Waals surface area contributed by atoms with Crippen LogP contribution >= 0.6 is 0 Å². The van der Waals surface area contributed by atoms with Crippen molar-refractivity contribution in [2.24, 2.45) is 29.6 Å². The molecule has 1 spiro atoms. The molecule has 0 aromatic rings. The molecule has 8 nitrogen and oxygen atoms in total. The Morgan fingerprint density at radius 1 is 1.27 bits per heavy atom. The van der Waals surface area contributed by atoms with Crippen LogP contribution in [0.15, 0.2) is 47.6 Å². The van der Waals surface area contributed by atoms with E-state index in [0.29, 0.717) is 12.0 Å². The van der Waals surface area contributed by atoms with Gasteiger partial charge in [-0.15, -0.1) is 0 Å². The molecule has 2 heterocycles. The summed E-state index contributed by atoms with van der Waals surface area (Å²) in [6, 6.07) is 0. The molecule has 4 bridgehead atoms. The molecule has 5 aliphatic rings. The summed E-state index contributed by atoms with van der Waals surface area (Å²) < 4.78 is 24.3. The van der Waals surface area contributed by atoms with Crippen molar-refractivity contribution in [1.82, 2.24) is 0 Å². The van der Waals surface area contributed by atoms with E-state index in [1.54, 1.807) is 13.0 Å². The van der Waals surface area contributed by atoms with Gasteiger partial charge < -0.3 is 29.2 Å². The molecule has 12 atom stereocenters. The lowest BCUT2D eigenvalue weighted by Crippen LogP contribution is -2.57. The van der Waals surface area contributed by atoms with Crippen LogP contribution in [-0.4, -0.2) is 71.5 Å². The zero-order valence-electron chi connectivity index (χ0n) is 22.1. The van der Waals surface area contributed by atoms with Crippen LogP contribution in [0.1, 0.15) is 40.5 Å². The number of carbonyl (C=O) groups excluding carboxylic acids is 2. The maximum atomic E-state index is 13.1. The first kappa shape index (κ1) is 26.4. The molecule has 1 saturated carbocycles. The molecular weight excluding hydrogens is 476 g/mol. The van der Waals surface area contributed by atoms with Gasteiger partial charge in [-0.1, -0.05) is 50.3 Å². The van der Waals surface area contributed by atoms with Crippen LogP contribution in [0.2, 0.25) is 0 Å². The Balaban J connectivity index is 1.56. The molecule has 2 N–H and O–H groups in total. The molecule has 5 rings (SSSR count). The highest BCUT2D eigenvalue weighted by atomic mass is 16.6. The van der Waals surface area contributed by atoms with Crippen LogP contribution in [0.5, 0.6) is 0 Å². The Kier molecular flexibility index (Phi) is 6.98. The minimum atomic E-state index is -0.918. The van der Waals surface area contributed by atoms with E-state index in [1.165, 1.54) is 7.11 Å². The molecule has 2 aliphatic heterocycles. The van der Waals surface area contributed by atoms with Crippen LogP contribution in [0, 0.1) is 29.6 Å². The molecule has 8 heteroatoms. The Hall–Kier alpha value is -2.26. The van der Waals surface area contributed by atoms with Gasteiger partial charge in [0, 0.05) is 42.3 Å². The molecule has 3 aliphatic carbocycles. The molecular formula is C29H38O8. The third kappa shape index (κ3) is 4.13. The molecule has 0 amide bonds. The fraction of sp³-hybridized carbons (Fsp3) is 0.655. The number of methoxy groups -OCH3 is 1. The average Bonchev–Trinajstić information content (AvgIpc) is 3.46. The Morgan fingerprint density at radius 3 is 2.68 bits per heavy atom. The van der Waals surface area contributed by atoms with Gasteiger partial charge in [-0.05, 0) is 32.3 Å². The molecule has 2 fully saturated rings. The Morgan fingerprint density at radius 2 is 2.03 bits per heavy atom. The summed E-state index contributed by atoms with van der Waals surface area (Å²) in [4.78, 5) is 26.0. The van der Waals surface area contributed by atoms with Gasteiger partial charge in [-0.2, -0.15) is 0 Å². The second-order valence-electron chi connectivity index (χ2n) is 11.3. The SMILES string of the molecule is CO[C@H]1C[C@H]2C=C[C@H]3[C@H]4O[C@]2(/C(C)=C/[C@@H](C)[C@@H]([C@@H](C)O)OC1=O)[C@@H]3[C@H](O)[C@@H](C)[C@H]4OC(=O)C1=CC=CC1. The fourth-order valence-electron chi connectivity index (χ4n) is 7.30. The van der Waals surface area contributed by atoms with E-state index in [-0.39, 0.29) is 42.0 Å². The fourth-order valence-corrected chi connectivity index (χ4v) is 7.30. The Bertz CT molecular complexity index is 1060. The van der Waals surface area contributed by atoms with Crippen molar-refractivity contribution < 1.29 is 38.7 Å². The number of cyclic esters (lactones) is 1. The van der Waals surface area contributed by atoms with E-state index in [1.807, 2.05) is 39.0 Å². The van der Waals surface area contributed by atoms with E-state index in [9.17, 15) is 19.8 Å². The molecule has 0 unspecified atom stereocenters. The third-order valence-electron chi connectivity index (χ3n) is 9.15. The van der Waals surface area contributed by atoms with Crippen LogP contribution in [0.25, 0.3) is 0 Å². The summed E-state index contributed by atoms with van der Waals surface area (Å²) >= 11 is 0. The van der Waals surface area contributed by atoms with Gasteiger partial charge in [-0.3, -0.25) is 0 Å². The lowest BCUT2D eigenvalue weighted by molar-refractivity contribution is -0.173. The second kappa shape index (κ2) is 9.80. The number of rotatable bonds is 4. The van der Waals surface area contributed by atoms with Crippen molar-refractivity contribution in [1.29, 1.82) is 0 Å². The highest BCUT2D eigenvalue weighted by Crippen LogP contribution is 2.61. The van der Waals surface area contributed by atoms with Crippen molar-refractivity contribution in [3.63, 3.8) is 0 Å². The first-order valence-electron chi connectivity index (χ1n) is 13.3. The van der Waals surface area contributed by atoms with Gasteiger partial charge in [0.2, 0.25) is 0 Å². The maximum absolute atomic E-state index is 13.1. The van der Waals surface area contributed by atoms with Gasteiger partial charge in [0.1, 0.15) is 23.9 Å². The Labute approximate surface area is 218 Å². The minimum Gasteiger partial charge on any atom is -0.457 e. The van der Waals surface area contributed by atoms with Gasteiger partial charge in [0.15, 0.2) is 6.10 Å². The second-order valence-corrected chi connectivity index (χ2v) is 11.3. The quantitative estimate of drug-likeness (QED) is 0.435. The van der Waals surface area contributed by atoms with Crippen molar-refractivity contribution >= 4 is 11.9 Å². The summed E-state index contributed by atoms with van der Waals surface area (Å²) in [5, 5.41) is 22.1. The van der Waals surface area contributed by atoms with Crippen molar-refractivity contribution in [3.05, 3.63) is 47.6 Å². The smallest absolute Gasteiger partial charge is 0.335 e. The largest absolute Gasteiger partial charge is 0.457 e. The maximum Gasteiger partial charge on any atom is 0.335 e. The minimum absolute atomic E-state index is 0.155. The van der Waals surface area contributed by atoms with E-state index in [0.717, 1.165) is 5.57 Å². The predicted molar refractivity (Wildman–Crippen MR) is 134 cm³/mol. The molecule has 202 valence electrons. The number of carbonyl (C=O) groups is 2. The van der Waals surface area contributed by atoms with Gasteiger partial charge in [-0.25, -0.2) is 9.59 Å². The van der Waals surface area contributed by atoms with Crippen LogP contribution in [0.3, 0.4) is 0 Å². The number of esters is 2. The first-order chi connectivity index (χ1) is 17.6. The number of aliphatic hydroxyl groups excluding tert-OH is 2. The van der Waals surface area contributed by atoms with E-state index in [2.05, 4.69) is 12.2 Å². The summed E-state index contributed by atoms with van der Waals surface area (Å²) in [5.41, 5.74) is 0.579. The van der Waals surface area contributed by atoms with Crippen molar-refractivity contribution in [3.8, 4) is 0 Å². The van der Waals surface area contributed by atoms with Gasteiger partial charge in [0.05, 0.1) is 12.2 Å². The lowest BCUT2D eigenvalue weighted by atomic mass is 9.57. The number of hydrogen-bond donors (Lipinski definition) is 2. The highest BCUT2D eigenvalue weighted by Gasteiger charge is 2.69. The molecule has 1 saturated heterocycles. The number of aliphatic hydroxyl groups is 2. The highest BCUT2D eigenvalue weighted by molar-refractivity contribution is 5.90.